The summed E-state index contributed by atoms with van der Waals surface area (Å²) in [6, 6.07) is 5.43. The van der Waals surface area contributed by atoms with Crippen LogP contribution < -0.4 is 14.8 Å². The Bertz CT molecular complexity index is 440. The Kier molecular flexibility index (Phi) is 8.69. The van der Waals surface area contributed by atoms with Crippen molar-refractivity contribution in [3.63, 3.8) is 0 Å². The van der Waals surface area contributed by atoms with Crippen LogP contribution in [-0.4, -0.2) is 49.9 Å². The monoisotopic (exact) mass is 313 g/mol. The number of hydrogen-bond donors (Lipinski definition) is 2. The Morgan fingerprint density at radius 3 is 2.76 bits per heavy atom. The fourth-order valence-electron chi connectivity index (χ4n) is 1.76. The van der Waals surface area contributed by atoms with Crippen molar-refractivity contribution in [3.05, 3.63) is 23.8 Å². The molecule has 118 valence electrons. The van der Waals surface area contributed by atoms with Gasteiger partial charge >= 0.3 is 0 Å². The predicted molar refractivity (Wildman–Crippen MR) is 85.3 cm³/mol. The van der Waals surface area contributed by atoms with Crippen molar-refractivity contribution in [2.75, 3.05) is 38.9 Å². The van der Waals surface area contributed by atoms with Gasteiger partial charge in [-0.1, -0.05) is 6.07 Å². The number of methoxy groups -OCH3 is 2. The molecule has 0 aliphatic carbocycles. The number of rotatable bonds is 10. The maximum Gasteiger partial charge on any atom is 0.224 e. The Balaban J connectivity index is 2.37. The highest BCUT2D eigenvalue weighted by atomic mass is 32.2. The van der Waals surface area contributed by atoms with Gasteiger partial charge in [0.1, 0.15) is 11.5 Å². The van der Waals surface area contributed by atoms with Gasteiger partial charge in [0.05, 0.1) is 20.6 Å². The van der Waals surface area contributed by atoms with E-state index < -0.39 is 0 Å². The SMILES string of the molecule is COc1ccc(CC(=O)NCCSCCCO)c(OC)c1. The molecule has 0 radical (unpaired) electrons. The van der Waals surface area contributed by atoms with Crippen LogP contribution in [-0.2, 0) is 11.2 Å². The molecule has 0 unspecified atom stereocenters. The number of amides is 1. The van der Waals surface area contributed by atoms with E-state index in [4.69, 9.17) is 14.6 Å². The summed E-state index contributed by atoms with van der Waals surface area (Å²) in [5, 5.41) is 11.5. The lowest BCUT2D eigenvalue weighted by atomic mass is 10.1. The van der Waals surface area contributed by atoms with Gasteiger partial charge in [-0.3, -0.25) is 4.79 Å². The van der Waals surface area contributed by atoms with Gasteiger partial charge in [-0.25, -0.2) is 0 Å². The van der Waals surface area contributed by atoms with Crippen LogP contribution in [0.1, 0.15) is 12.0 Å². The predicted octanol–water partition coefficient (Wildman–Crippen LogP) is 1.48. The summed E-state index contributed by atoms with van der Waals surface area (Å²) in [6.45, 7) is 0.851. The summed E-state index contributed by atoms with van der Waals surface area (Å²) in [6.07, 6.45) is 1.08. The van der Waals surface area contributed by atoms with Crippen LogP contribution in [0.5, 0.6) is 11.5 Å². The molecule has 0 aliphatic heterocycles. The zero-order valence-electron chi connectivity index (χ0n) is 12.6. The number of hydrogen-bond acceptors (Lipinski definition) is 5. The number of thioether (sulfide) groups is 1. The van der Waals surface area contributed by atoms with Gasteiger partial charge in [-0.15, -0.1) is 0 Å². The van der Waals surface area contributed by atoms with Crippen LogP contribution in [0.3, 0.4) is 0 Å². The first-order valence-electron chi connectivity index (χ1n) is 6.87. The van der Waals surface area contributed by atoms with Gasteiger partial charge in [0, 0.05) is 30.5 Å². The van der Waals surface area contributed by atoms with E-state index in [1.807, 2.05) is 12.1 Å². The van der Waals surface area contributed by atoms with Crippen LogP contribution >= 0.6 is 11.8 Å². The molecular formula is C15H23NO4S. The Morgan fingerprint density at radius 1 is 1.29 bits per heavy atom. The zero-order chi connectivity index (χ0) is 15.5. The molecule has 0 spiro atoms. The normalized spacial score (nSPS) is 10.2. The highest BCUT2D eigenvalue weighted by Gasteiger charge is 2.09. The largest absolute Gasteiger partial charge is 0.497 e. The molecule has 1 aromatic carbocycles. The minimum atomic E-state index is -0.0266. The second-order valence-corrected chi connectivity index (χ2v) is 5.62. The van der Waals surface area contributed by atoms with E-state index in [0.717, 1.165) is 23.5 Å². The Hall–Kier alpha value is -1.40. The van der Waals surface area contributed by atoms with E-state index in [2.05, 4.69) is 5.32 Å². The fourth-order valence-corrected chi connectivity index (χ4v) is 2.55. The maximum atomic E-state index is 11.9. The lowest BCUT2D eigenvalue weighted by Crippen LogP contribution is -2.27. The Morgan fingerprint density at radius 2 is 2.10 bits per heavy atom. The number of benzene rings is 1. The average molecular weight is 313 g/mol. The average Bonchev–Trinajstić information content (AvgIpc) is 2.51. The minimum absolute atomic E-state index is 0.0266. The minimum Gasteiger partial charge on any atom is -0.497 e. The molecule has 1 amide bonds. The molecule has 0 aliphatic rings. The number of carbonyl (C=O) groups excluding carboxylic acids is 1. The highest BCUT2D eigenvalue weighted by molar-refractivity contribution is 7.99. The van der Waals surface area contributed by atoms with E-state index in [1.54, 1.807) is 32.0 Å². The van der Waals surface area contributed by atoms with Crippen LogP contribution in [0.4, 0.5) is 0 Å². The first kappa shape index (κ1) is 17.7. The molecule has 2 N–H and O–H groups in total. The van der Waals surface area contributed by atoms with E-state index in [0.29, 0.717) is 18.0 Å². The lowest BCUT2D eigenvalue weighted by Gasteiger charge is -2.10. The third-order valence-corrected chi connectivity index (χ3v) is 3.93. The van der Waals surface area contributed by atoms with Crippen LogP contribution in [0.15, 0.2) is 18.2 Å². The van der Waals surface area contributed by atoms with Crippen molar-refractivity contribution in [2.24, 2.45) is 0 Å². The Labute approximate surface area is 130 Å². The van der Waals surface area contributed by atoms with Gasteiger partial charge in [0.15, 0.2) is 0 Å². The number of carbonyl (C=O) groups is 1. The van der Waals surface area contributed by atoms with Crippen LogP contribution in [0.25, 0.3) is 0 Å². The molecule has 0 heterocycles. The summed E-state index contributed by atoms with van der Waals surface area (Å²) in [5.41, 5.74) is 0.837. The van der Waals surface area contributed by atoms with Crippen molar-refractivity contribution in [3.8, 4) is 11.5 Å². The van der Waals surface area contributed by atoms with Crippen molar-refractivity contribution in [2.45, 2.75) is 12.8 Å². The van der Waals surface area contributed by atoms with Gasteiger partial charge in [0.25, 0.3) is 0 Å². The third-order valence-electron chi connectivity index (χ3n) is 2.86. The molecule has 1 aromatic rings. The molecule has 21 heavy (non-hydrogen) atoms. The smallest absolute Gasteiger partial charge is 0.224 e. The standard InChI is InChI=1S/C15H23NO4S/c1-19-13-5-4-12(14(11-13)20-2)10-15(18)16-6-9-21-8-3-7-17/h4-5,11,17H,3,6-10H2,1-2H3,(H,16,18). The highest BCUT2D eigenvalue weighted by Crippen LogP contribution is 2.24. The maximum absolute atomic E-state index is 11.9. The number of ether oxygens (including phenoxy) is 2. The first-order chi connectivity index (χ1) is 10.2. The summed E-state index contributed by atoms with van der Waals surface area (Å²) in [4.78, 5) is 11.9. The van der Waals surface area contributed by atoms with Crippen molar-refractivity contribution < 1.29 is 19.4 Å². The number of aliphatic hydroxyl groups excluding tert-OH is 1. The van der Waals surface area contributed by atoms with E-state index >= 15 is 0 Å². The van der Waals surface area contributed by atoms with E-state index in [1.165, 1.54) is 0 Å². The number of nitrogens with one attached hydrogen (secondary N) is 1. The van der Waals surface area contributed by atoms with Gasteiger partial charge < -0.3 is 19.9 Å². The molecule has 6 heteroatoms. The first-order valence-corrected chi connectivity index (χ1v) is 8.03. The van der Waals surface area contributed by atoms with Crippen LogP contribution in [0.2, 0.25) is 0 Å². The summed E-state index contributed by atoms with van der Waals surface area (Å²) in [7, 11) is 3.17. The van der Waals surface area contributed by atoms with Gasteiger partial charge in [-0.2, -0.15) is 11.8 Å². The van der Waals surface area contributed by atoms with Crippen molar-refractivity contribution >= 4 is 17.7 Å². The molecule has 0 saturated carbocycles. The van der Waals surface area contributed by atoms with E-state index in [-0.39, 0.29) is 18.9 Å². The fraction of sp³-hybridized carbons (Fsp3) is 0.533. The van der Waals surface area contributed by atoms with Gasteiger partial charge in [0.2, 0.25) is 5.91 Å². The van der Waals surface area contributed by atoms with Crippen molar-refractivity contribution in [1.82, 2.24) is 5.32 Å². The molecule has 0 bridgehead atoms. The lowest BCUT2D eigenvalue weighted by molar-refractivity contribution is -0.120. The molecule has 0 saturated heterocycles. The molecule has 1 rings (SSSR count). The molecule has 0 fully saturated rings. The van der Waals surface area contributed by atoms with Crippen LogP contribution in [0, 0.1) is 0 Å². The summed E-state index contributed by atoms with van der Waals surface area (Å²) < 4.78 is 10.4. The van der Waals surface area contributed by atoms with Crippen molar-refractivity contribution in [1.29, 1.82) is 0 Å². The molecule has 0 atom stereocenters. The summed E-state index contributed by atoms with van der Waals surface area (Å²) in [5.74, 6) is 3.10. The van der Waals surface area contributed by atoms with E-state index in [9.17, 15) is 4.79 Å². The summed E-state index contributed by atoms with van der Waals surface area (Å²) >= 11 is 1.72. The molecule has 5 nitrogen and oxygen atoms in total. The molecular weight excluding hydrogens is 290 g/mol. The quantitative estimate of drug-likeness (QED) is 0.640. The number of aliphatic hydroxyl groups is 1. The van der Waals surface area contributed by atoms with Gasteiger partial charge in [-0.05, 0) is 18.2 Å². The zero-order valence-corrected chi connectivity index (χ0v) is 13.4. The molecule has 0 aromatic heterocycles. The topological polar surface area (TPSA) is 67.8 Å². The second kappa shape index (κ2) is 10.3. The second-order valence-electron chi connectivity index (χ2n) is 4.39. The third kappa shape index (κ3) is 6.73.